The van der Waals surface area contributed by atoms with Crippen molar-refractivity contribution in [3.63, 3.8) is 0 Å². The second-order valence-electron chi connectivity index (χ2n) is 2.08. The fraction of sp³-hybridized carbons (Fsp3) is 0.250. The van der Waals surface area contributed by atoms with Crippen LogP contribution in [0.2, 0.25) is 0 Å². The standard InChI is InChI=1S/C8H11NO/c1-2-10-8-5-3-4-7(9)6-8/h3-6H,2,9H2,1H3/p+1. The van der Waals surface area contributed by atoms with Crippen LogP contribution < -0.4 is 10.5 Å². The van der Waals surface area contributed by atoms with E-state index in [0.717, 1.165) is 11.4 Å². The number of hydrogen-bond acceptors (Lipinski definition) is 1. The topological polar surface area (TPSA) is 36.9 Å². The lowest BCUT2D eigenvalue weighted by Gasteiger charge is -2.00. The molecule has 0 saturated carbocycles. The third-order valence-electron chi connectivity index (χ3n) is 1.21. The van der Waals surface area contributed by atoms with E-state index in [0.29, 0.717) is 6.61 Å². The Hall–Kier alpha value is -1.02. The number of quaternary nitrogens is 1. The highest BCUT2D eigenvalue weighted by Gasteiger charge is 1.92. The Kier molecular flexibility index (Phi) is 2.29. The molecule has 0 bridgehead atoms. The minimum absolute atomic E-state index is 0.712. The highest BCUT2D eigenvalue weighted by Crippen LogP contribution is 2.12. The van der Waals surface area contributed by atoms with Gasteiger partial charge >= 0.3 is 0 Å². The Morgan fingerprint density at radius 2 is 2.30 bits per heavy atom. The molecule has 0 aliphatic carbocycles. The van der Waals surface area contributed by atoms with Crippen molar-refractivity contribution in [3.8, 4) is 5.75 Å². The van der Waals surface area contributed by atoms with Gasteiger partial charge in [0.05, 0.1) is 6.61 Å². The minimum Gasteiger partial charge on any atom is -0.494 e. The average Bonchev–Trinajstić information content (AvgIpc) is 1.88. The maximum atomic E-state index is 5.25. The first-order valence-electron chi connectivity index (χ1n) is 3.37. The van der Waals surface area contributed by atoms with Crippen LogP contribution in [0.15, 0.2) is 24.3 Å². The maximum Gasteiger partial charge on any atom is 0.131 e. The molecule has 0 radical (unpaired) electrons. The van der Waals surface area contributed by atoms with E-state index < -0.39 is 0 Å². The van der Waals surface area contributed by atoms with Crippen LogP contribution in [0.4, 0.5) is 5.69 Å². The van der Waals surface area contributed by atoms with E-state index in [2.05, 4.69) is 5.73 Å². The Balaban J connectivity index is 2.75. The number of benzene rings is 1. The Morgan fingerprint density at radius 1 is 1.50 bits per heavy atom. The van der Waals surface area contributed by atoms with Crippen molar-refractivity contribution in [3.05, 3.63) is 24.3 Å². The minimum atomic E-state index is 0.712. The summed E-state index contributed by atoms with van der Waals surface area (Å²) in [6.07, 6.45) is 0. The van der Waals surface area contributed by atoms with E-state index in [1.807, 2.05) is 31.2 Å². The normalized spacial score (nSPS) is 9.40. The van der Waals surface area contributed by atoms with E-state index >= 15 is 0 Å². The van der Waals surface area contributed by atoms with Gasteiger partial charge in [-0.3, -0.25) is 0 Å². The molecule has 0 amide bonds. The average molecular weight is 138 g/mol. The lowest BCUT2D eigenvalue weighted by molar-refractivity contribution is -0.254. The van der Waals surface area contributed by atoms with Gasteiger partial charge in [-0.05, 0) is 19.1 Å². The van der Waals surface area contributed by atoms with Crippen LogP contribution in [0.3, 0.4) is 0 Å². The predicted molar refractivity (Wildman–Crippen MR) is 40.2 cm³/mol. The van der Waals surface area contributed by atoms with Gasteiger partial charge < -0.3 is 10.5 Å². The van der Waals surface area contributed by atoms with Crippen molar-refractivity contribution in [2.45, 2.75) is 6.92 Å². The zero-order valence-electron chi connectivity index (χ0n) is 6.13. The third-order valence-corrected chi connectivity index (χ3v) is 1.21. The summed E-state index contributed by atoms with van der Waals surface area (Å²) in [4.78, 5) is 0. The van der Waals surface area contributed by atoms with E-state index in [1.165, 1.54) is 0 Å². The monoisotopic (exact) mass is 138 g/mol. The smallest absolute Gasteiger partial charge is 0.131 e. The molecule has 0 atom stereocenters. The molecule has 0 aliphatic heterocycles. The summed E-state index contributed by atoms with van der Waals surface area (Å²) in [6, 6.07) is 7.73. The van der Waals surface area contributed by atoms with Crippen molar-refractivity contribution in [2.75, 3.05) is 6.61 Å². The van der Waals surface area contributed by atoms with Gasteiger partial charge in [0, 0.05) is 6.07 Å². The first kappa shape index (κ1) is 7.09. The van der Waals surface area contributed by atoms with Gasteiger partial charge in [-0.2, -0.15) is 0 Å². The molecule has 0 fully saturated rings. The van der Waals surface area contributed by atoms with Crippen molar-refractivity contribution in [1.82, 2.24) is 0 Å². The highest BCUT2D eigenvalue weighted by atomic mass is 16.5. The molecule has 54 valence electrons. The fourth-order valence-corrected chi connectivity index (χ4v) is 0.802. The lowest BCUT2D eigenvalue weighted by atomic mass is 10.3. The highest BCUT2D eigenvalue weighted by molar-refractivity contribution is 5.36. The molecule has 0 spiro atoms. The molecule has 0 aliphatic rings. The first-order valence-corrected chi connectivity index (χ1v) is 3.37. The second kappa shape index (κ2) is 3.22. The van der Waals surface area contributed by atoms with Crippen molar-refractivity contribution in [2.24, 2.45) is 0 Å². The summed E-state index contributed by atoms with van der Waals surface area (Å²) in [5, 5.41) is 0. The maximum absolute atomic E-state index is 5.25. The summed E-state index contributed by atoms with van der Waals surface area (Å²) in [7, 11) is 0. The summed E-state index contributed by atoms with van der Waals surface area (Å²) < 4.78 is 5.25. The van der Waals surface area contributed by atoms with Crippen LogP contribution in [-0.2, 0) is 0 Å². The lowest BCUT2D eigenvalue weighted by Crippen LogP contribution is -2.39. The van der Waals surface area contributed by atoms with Gasteiger partial charge in [0.15, 0.2) is 0 Å². The van der Waals surface area contributed by atoms with Crippen molar-refractivity contribution >= 4 is 5.69 Å². The quantitative estimate of drug-likeness (QED) is 0.649. The molecule has 10 heavy (non-hydrogen) atoms. The van der Waals surface area contributed by atoms with Gasteiger partial charge in [-0.25, -0.2) is 0 Å². The van der Waals surface area contributed by atoms with E-state index in [-0.39, 0.29) is 0 Å². The number of hydrogen-bond donors (Lipinski definition) is 1. The zero-order valence-corrected chi connectivity index (χ0v) is 6.13. The van der Waals surface area contributed by atoms with Crippen molar-refractivity contribution in [1.29, 1.82) is 0 Å². The summed E-state index contributed by atoms with van der Waals surface area (Å²) in [5.41, 5.74) is 4.78. The Morgan fingerprint density at radius 3 is 2.90 bits per heavy atom. The molecular weight excluding hydrogens is 126 g/mol. The number of rotatable bonds is 2. The molecule has 2 heteroatoms. The molecule has 1 aromatic rings. The van der Waals surface area contributed by atoms with Gasteiger partial charge in [-0.1, -0.05) is 6.07 Å². The van der Waals surface area contributed by atoms with Gasteiger partial charge in [0.25, 0.3) is 0 Å². The first-order chi connectivity index (χ1) is 4.83. The van der Waals surface area contributed by atoms with Gasteiger partial charge in [-0.15, -0.1) is 0 Å². The molecule has 0 heterocycles. The van der Waals surface area contributed by atoms with Crippen LogP contribution in [0.5, 0.6) is 5.75 Å². The van der Waals surface area contributed by atoms with Crippen LogP contribution in [0.25, 0.3) is 0 Å². The van der Waals surface area contributed by atoms with Crippen LogP contribution in [0, 0.1) is 0 Å². The number of ether oxygens (including phenoxy) is 1. The third kappa shape index (κ3) is 1.74. The van der Waals surface area contributed by atoms with Crippen molar-refractivity contribution < 1.29 is 10.5 Å². The second-order valence-corrected chi connectivity index (χ2v) is 2.08. The van der Waals surface area contributed by atoms with Gasteiger partial charge in [0.1, 0.15) is 11.4 Å². The van der Waals surface area contributed by atoms with Gasteiger partial charge in [0.2, 0.25) is 0 Å². The molecule has 2 nitrogen and oxygen atoms in total. The molecule has 1 rings (SSSR count). The molecule has 0 unspecified atom stereocenters. The summed E-state index contributed by atoms with van der Waals surface area (Å²) >= 11 is 0. The SMILES string of the molecule is CCOc1cccc([NH3+])c1. The Labute approximate surface area is 60.6 Å². The molecular formula is C8H12NO+. The fourth-order valence-electron chi connectivity index (χ4n) is 0.802. The summed E-state index contributed by atoms with van der Waals surface area (Å²) in [6.45, 7) is 2.68. The van der Waals surface area contributed by atoms with E-state index in [1.54, 1.807) is 0 Å². The predicted octanol–water partition coefficient (Wildman–Crippen LogP) is 0.959. The summed E-state index contributed by atoms with van der Waals surface area (Å²) in [5.74, 6) is 0.898. The zero-order chi connectivity index (χ0) is 7.40. The van der Waals surface area contributed by atoms with Crippen LogP contribution in [-0.4, -0.2) is 6.61 Å². The van der Waals surface area contributed by atoms with E-state index in [9.17, 15) is 0 Å². The largest absolute Gasteiger partial charge is 0.494 e. The molecule has 0 saturated heterocycles. The van der Waals surface area contributed by atoms with Crippen LogP contribution in [0.1, 0.15) is 6.92 Å². The molecule has 0 aromatic heterocycles. The van der Waals surface area contributed by atoms with Crippen LogP contribution >= 0.6 is 0 Å². The molecule has 1 aromatic carbocycles. The molecule has 3 N–H and O–H groups in total. The Bertz CT molecular complexity index is 210. The van der Waals surface area contributed by atoms with E-state index in [4.69, 9.17) is 4.74 Å².